The third-order valence-electron chi connectivity index (χ3n) is 5.21. The van der Waals surface area contributed by atoms with Crippen molar-refractivity contribution in [3.63, 3.8) is 0 Å². The van der Waals surface area contributed by atoms with Gasteiger partial charge in [-0.05, 0) is 97.4 Å². The summed E-state index contributed by atoms with van der Waals surface area (Å²) in [5.74, 6) is 1.12. The highest BCUT2D eigenvalue weighted by Crippen LogP contribution is 2.35. The predicted octanol–water partition coefficient (Wildman–Crippen LogP) is 7.76. The second-order valence-electron chi connectivity index (χ2n) is 8.47. The Labute approximate surface area is 171 Å². The highest BCUT2D eigenvalue weighted by Gasteiger charge is 2.26. The van der Waals surface area contributed by atoms with Gasteiger partial charge in [-0.25, -0.2) is 0 Å². The normalized spacial score (nSPS) is 19.2. The Morgan fingerprint density at radius 1 is 0.964 bits per heavy atom. The number of ether oxygens (including phenoxy) is 1. The minimum Gasteiger partial charge on any atom is -0.508 e. The van der Waals surface area contributed by atoms with Gasteiger partial charge in [0.15, 0.2) is 0 Å². The minimum atomic E-state index is -0.290. The minimum absolute atomic E-state index is 0.274. The number of rotatable bonds is 9. The quantitative estimate of drug-likeness (QED) is 0.444. The van der Waals surface area contributed by atoms with Gasteiger partial charge in [0.25, 0.3) is 0 Å². The average Bonchev–Trinajstić information content (AvgIpc) is 2.61. The predicted molar refractivity (Wildman–Crippen MR) is 121 cm³/mol. The highest BCUT2D eigenvalue weighted by atomic mass is 16.5. The molecule has 0 bridgehead atoms. The second kappa shape index (κ2) is 10.4. The van der Waals surface area contributed by atoms with E-state index in [-0.39, 0.29) is 11.4 Å². The first-order chi connectivity index (χ1) is 13.3. The van der Waals surface area contributed by atoms with Gasteiger partial charge >= 0.3 is 0 Å². The summed E-state index contributed by atoms with van der Waals surface area (Å²) in [5.41, 5.74) is 4.99. The van der Waals surface area contributed by atoms with Crippen molar-refractivity contribution in [3.05, 3.63) is 64.8 Å². The van der Waals surface area contributed by atoms with Crippen LogP contribution in [-0.2, 0) is 0 Å². The van der Waals surface area contributed by atoms with Gasteiger partial charge < -0.3 is 9.84 Å². The Bertz CT molecular complexity index is 776. The molecule has 2 nitrogen and oxygen atoms in total. The number of allylic oxidation sites excluding steroid dienone is 6. The van der Waals surface area contributed by atoms with E-state index in [9.17, 15) is 5.11 Å². The van der Waals surface area contributed by atoms with Crippen molar-refractivity contribution in [2.75, 3.05) is 0 Å². The average molecular weight is 381 g/mol. The molecule has 1 aliphatic rings. The summed E-state index contributed by atoms with van der Waals surface area (Å²) in [6.45, 7) is 10.9. The summed E-state index contributed by atoms with van der Waals surface area (Å²) < 4.78 is 6.18. The molecule has 0 radical (unpaired) electrons. The van der Waals surface area contributed by atoms with Gasteiger partial charge in [0, 0.05) is 5.56 Å². The molecule has 1 aliphatic heterocycles. The van der Waals surface area contributed by atoms with Crippen LogP contribution in [0.25, 0.3) is 6.08 Å². The first-order valence-electron chi connectivity index (χ1n) is 10.4. The first-order valence-corrected chi connectivity index (χ1v) is 10.4. The Balaban J connectivity index is 1.76. The molecule has 1 unspecified atom stereocenters. The van der Waals surface area contributed by atoms with Crippen LogP contribution < -0.4 is 4.74 Å². The molecule has 1 atom stereocenters. The molecule has 1 aromatic carbocycles. The van der Waals surface area contributed by atoms with Gasteiger partial charge in [-0.3, -0.25) is 0 Å². The lowest BCUT2D eigenvalue weighted by Gasteiger charge is -2.31. The Hall–Kier alpha value is -2.22. The molecule has 1 heterocycles. The van der Waals surface area contributed by atoms with Crippen molar-refractivity contribution in [2.45, 2.75) is 78.7 Å². The fraction of sp³-hybridized carbons (Fsp3) is 0.462. The van der Waals surface area contributed by atoms with E-state index in [1.807, 2.05) is 6.07 Å². The summed E-state index contributed by atoms with van der Waals surface area (Å²) in [7, 11) is 0. The second-order valence-corrected chi connectivity index (χ2v) is 8.47. The van der Waals surface area contributed by atoms with Crippen molar-refractivity contribution in [2.24, 2.45) is 0 Å². The number of hydrogen-bond acceptors (Lipinski definition) is 2. The molecule has 28 heavy (non-hydrogen) atoms. The van der Waals surface area contributed by atoms with Crippen LogP contribution >= 0.6 is 0 Å². The summed E-state index contributed by atoms with van der Waals surface area (Å²) in [6, 6.07) is 5.27. The molecule has 2 heteroatoms. The van der Waals surface area contributed by atoms with Crippen LogP contribution in [0.5, 0.6) is 11.5 Å². The number of phenols is 1. The maximum absolute atomic E-state index is 9.59. The van der Waals surface area contributed by atoms with E-state index in [2.05, 4.69) is 65.0 Å². The molecular formula is C26H36O2. The monoisotopic (exact) mass is 380 g/mol. The van der Waals surface area contributed by atoms with Crippen molar-refractivity contribution in [1.82, 2.24) is 0 Å². The van der Waals surface area contributed by atoms with Gasteiger partial charge in [-0.2, -0.15) is 0 Å². The van der Waals surface area contributed by atoms with E-state index in [4.69, 9.17) is 4.74 Å². The summed E-state index contributed by atoms with van der Waals surface area (Å²) in [5, 5.41) is 9.59. The van der Waals surface area contributed by atoms with Gasteiger partial charge in [0.2, 0.25) is 0 Å². The maximum Gasteiger partial charge on any atom is 0.128 e. The molecule has 1 aromatic rings. The molecule has 1 N–H and O–H groups in total. The lowest BCUT2D eigenvalue weighted by molar-refractivity contribution is 0.128. The molecule has 0 aromatic heterocycles. The summed E-state index contributed by atoms with van der Waals surface area (Å²) in [4.78, 5) is 0. The Morgan fingerprint density at radius 3 is 2.29 bits per heavy atom. The summed E-state index contributed by atoms with van der Waals surface area (Å²) in [6.07, 6.45) is 17.7. The van der Waals surface area contributed by atoms with Crippen molar-refractivity contribution >= 4 is 6.08 Å². The lowest BCUT2D eigenvalue weighted by Crippen LogP contribution is -2.31. The van der Waals surface area contributed by atoms with Crippen molar-refractivity contribution in [1.29, 1.82) is 0 Å². The van der Waals surface area contributed by atoms with Crippen molar-refractivity contribution < 1.29 is 9.84 Å². The number of phenolic OH excluding ortho intramolecular Hbond substituents is 1. The fourth-order valence-electron chi connectivity index (χ4n) is 3.39. The SMILES string of the molecule is CC(C)=CCC/C(C)=C/CC/C(C)=C/CCC1(C)C=Cc2cc(O)ccc2O1. The first kappa shape index (κ1) is 22.1. The molecule has 0 aliphatic carbocycles. The fourth-order valence-corrected chi connectivity index (χ4v) is 3.39. The van der Waals surface area contributed by atoms with Crippen molar-refractivity contribution in [3.8, 4) is 11.5 Å². The third kappa shape index (κ3) is 7.42. The van der Waals surface area contributed by atoms with Crippen LogP contribution in [0.4, 0.5) is 0 Å². The smallest absolute Gasteiger partial charge is 0.128 e. The molecule has 0 spiro atoms. The molecule has 2 rings (SSSR count). The Kier molecular flexibility index (Phi) is 8.17. The van der Waals surface area contributed by atoms with Crippen LogP contribution in [0.3, 0.4) is 0 Å². The van der Waals surface area contributed by atoms with Crippen LogP contribution in [0.1, 0.15) is 78.7 Å². The summed E-state index contributed by atoms with van der Waals surface area (Å²) >= 11 is 0. The number of aromatic hydroxyl groups is 1. The topological polar surface area (TPSA) is 29.5 Å². The molecule has 0 saturated carbocycles. The number of hydrogen-bond donors (Lipinski definition) is 1. The maximum atomic E-state index is 9.59. The lowest BCUT2D eigenvalue weighted by atomic mass is 9.94. The van der Waals surface area contributed by atoms with E-state index in [0.717, 1.165) is 49.8 Å². The third-order valence-corrected chi connectivity index (χ3v) is 5.21. The largest absolute Gasteiger partial charge is 0.508 e. The van der Waals surface area contributed by atoms with E-state index < -0.39 is 0 Å². The standard InChI is InChI=1S/C26H36O2/c1-20(2)9-6-10-21(3)11-7-12-22(4)13-8-17-26(5)18-16-23-19-24(27)14-15-25(23)28-26/h9,11,13-16,18-19,27H,6-8,10,12,17H2,1-5H3/b21-11+,22-13+. The van der Waals surface area contributed by atoms with Gasteiger partial charge in [0.05, 0.1) is 0 Å². The van der Waals surface area contributed by atoms with E-state index in [1.165, 1.54) is 16.7 Å². The van der Waals surface area contributed by atoms with Crippen LogP contribution in [0, 0.1) is 0 Å². The van der Waals surface area contributed by atoms with E-state index in [0.29, 0.717) is 0 Å². The zero-order valence-electron chi connectivity index (χ0n) is 18.2. The molecular weight excluding hydrogens is 344 g/mol. The Morgan fingerprint density at radius 2 is 1.61 bits per heavy atom. The van der Waals surface area contributed by atoms with Gasteiger partial charge in [0.1, 0.15) is 17.1 Å². The number of fused-ring (bicyclic) bond motifs is 1. The van der Waals surface area contributed by atoms with E-state index >= 15 is 0 Å². The molecule has 0 amide bonds. The van der Waals surface area contributed by atoms with Gasteiger partial charge in [-0.1, -0.05) is 41.0 Å². The molecule has 0 fully saturated rings. The van der Waals surface area contributed by atoms with Gasteiger partial charge in [-0.15, -0.1) is 0 Å². The van der Waals surface area contributed by atoms with E-state index in [1.54, 1.807) is 12.1 Å². The zero-order chi connectivity index (χ0) is 20.6. The number of benzene rings is 1. The zero-order valence-corrected chi connectivity index (χ0v) is 18.2. The molecule has 0 saturated heterocycles. The van der Waals surface area contributed by atoms with Crippen LogP contribution in [0.15, 0.2) is 59.2 Å². The van der Waals surface area contributed by atoms with Crippen LogP contribution in [0.2, 0.25) is 0 Å². The highest BCUT2D eigenvalue weighted by molar-refractivity contribution is 5.62. The van der Waals surface area contributed by atoms with Crippen LogP contribution in [-0.4, -0.2) is 10.7 Å². The molecule has 152 valence electrons.